The summed E-state index contributed by atoms with van der Waals surface area (Å²) in [6.45, 7) is 0. The molecule has 0 aliphatic rings. The molecular weight excluding hydrogens is 372 g/mol. The SMILES string of the molecule is c1ccc2c(c1)nnn2-c1ccc(-c2ccc(-n3nnc4ccccc43)cc2)cc1. The minimum atomic E-state index is 0.887. The Bertz CT molecular complexity index is 1360. The van der Waals surface area contributed by atoms with Gasteiger partial charge >= 0.3 is 0 Å². The summed E-state index contributed by atoms with van der Waals surface area (Å²) in [5.41, 5.74) is 8.01. The highest BCUT2D eigenvalue weighted by atomic mass is 15.4. The van der Waals surface area contributed by atoms with Crippen molar-refractivity contribution in [2.75, 3.05) is 0 Å². The Labute approximate surface area is 172 Å². The molecule has 0 amide bonds. The smallest absolute Gasteiger partial charge is 0.113 e. The molecule has 0 aliphatic heterocycles. The topological polar surface area (TPSA) is 61.4 Å². The number of benzene rings is 4. The van der Waals surface area contributed by atoms with Crippen molar-refractivity contribution in [2.45, 2.75) is 0 Å². The zero-order valence-corrected chi connectivity index (χ0v) is 15.9. The molecular formula is C24H16N6. The van der Waals surface area contributed by atoms with Crippen LogP contribution in [0.25, 0.3) is 44.6 Å². The molecule has 0 N–H and O–H groups in total. The molecule has 142 valence electrons. The van der Waals surface area contributed by atoms with E-state index in [1.54, 1.807) is 0 Å². The molecule has 0 radical (unpaired) electrons. The molecule has 30 heavy (non-hydrogen) atoms. The first kappa shape index (κ1) is 16.6. The van der Waals surface area contributed by atoms with Gasteiger partial charge in [-0.2, -0.15) is 0 Å². The molecule has 0 atom stereocenters. The van der Waals surface area contributed by atoms with Crippen LogP contribution in [0, 0.1) is 0 Å². The highest BCUT2D eigenvalue weighted by molar-refractivity contribution is 5.77. The summed E-state index contributed by atoms with van der Waals surface area (Å²) in [5.74, 6) is 0. The van der Waals surface area contributed by atoms with Gasteiger partial charge in [0.2, 0.25) is 0 Å². The maximum atomic E-state index is 4.28. The van der Waals surface area contributed by atoms with E-state index >= 15 is 0 Å². The standard InChI is InChI=1S/C24H16N6/c1-3-7-23-21(5-1)25-27-29(23)19-13-9-17(10-14-19)18-11-15-20(16-12-18)30-24-8-4-2-6-22(24)26-28-30/h1-16H. The van der Waals surface area contributed by atoms with Gasteiger partial charge in [0.05, 0.1) is 22.4 Å². The van der Waals surface area contributed by atoms with E-state index in [-0.39, 0.29) is 0 Å². The second-order valence-electron chi connectivity index (χ2n) is 7.07. The first-order valence-electron chi connectivity index (χ1n) is 9.69. The normalized spacial score (nSPS) is 11.3. The summed E-state index contributed by atoms with van der Waals surface area (Å²) < 4.78 is 3.72. The number of hydrogen-bond donors (Lipinski definition) is 0. The van der Waals surface area contributed by atoms with E-state index in [0.29, 0.717) is 0 Å². The third kappa shape index (κ3) is 2.66. The quantitative estimate of drug-likeness (QED) is 0.436. The van der Waals surface area contributed by atoms with Gasteiger partial charge in [0, 0.05) is 0 Å². The van der Waals surface area contributed by atoms with Gasteiger partial charge < -0.3 is 0 Å². The maximum Gasteiger partial charge on any atom is 0.113 e. The predicted octanol–water partition coefficient (Wildman–Crippen LogP) is 4.82. The van der Waals surface area contributed by atoms with Gasteiger partial charge in [-0.25, -0.2) is 9.36 Å². The van der Waals surface area contributed by atoms with Crippen LogP contribution in [0.4, 0.5) is 0 Å². The van der Waals surface area contributed by atoms with Gasteiger partial charge in [-0.05, 0) is 59.7 Å². The Morgan fingerprint density at radius 3 is 1.27 bits per heavy atom. The average Bonchev–Trinajstić information content (AvgIpc) is 3.44. The van der Waals surface area contributed by atoms with Crippen molar-refractivity contribution in [3.05, 3.63) is 97.1 Å². The minimum Gasteiger partial charge on any atom is -0.213 e. The van der Waals surface area contributed by atoms with Crippen LogP contribution in [0.2, 0.25) is 0 Å². The van der Waals surface area contributed by atoms with Gasteiger partial charge in [0.15, 0.2) is 0 Å². The van der Waals surface area contributed by atoms with Crippen LogP contribution in [-0.2, 0) is 0 Å². The Morgan fingerprint density at radius 1 is 0.433 bits per heavy atom. The zero-order valence-electron chi connectivity index (χ0n) is 15.9. The third-order valence-electron chi connectivity index (χ3n) is 5.26. The molecule has 0 saturated heterocycles. The van der Waals surface area contributed by atoms with Crippen molar-refractivity contribution in [1.29, 1.82) is 0 Å². The average molecular weight is 388 g/mol. The molecule has 0 fully saturated rings. The van der Waals surface area contributed by atoms with Crippen LogP contribution in [0.1, 0.15) is 0 Å². The van der Waals surface area contributed by atoms with Crippen LogP contribution >= 0.6 is 0 Å². The number of rotatable bonds is 3. The first-order chi connectivity index (χ1) is 14.9. The fourth-order valence-electron chi connectivity index (χ4n) is 3.71. The lowest BCUT2D eigenvalue weighted by molar-refractivity contribution is 0.823. The van der Waals surface area contributed by atoms with E-state index in [1.807, 2.05) is 57.9 Å². The van der Waals surface area contributed by atoms with E-state index in [0.717, 1.165) is 44.6 Å². The Balaban J connectivity index is 1.32. The summed E-state index contributed by atoms with van der Waals surface area (Å²) in [7, 11) is 0. The predicted molar refractivity (Wildman–Crippen MR) is 117 cm³/mol. The minimum absolute atomic E-state index is 0.887. The molecule has 0 saturated carbocycles. The second kappa shape index (κ2) is 6.63. The van der Waals surface area contributed by atoms with E-state index in [4.69, 9.17) is 0 Å². The molecule has 4 aromatic carbocycles. The van der Waals surface area contributed by atoms with Gasteiger partial charge in [-0.1, -0.05) is 59.0 Å². The van der Waals surface area contributed by atoms with Gasteiger partial charge in [-0.3, -0.25) is 0 Å². The molecule has 0 bridgehead atoms. The van der Waals surface area contributed by atoms with E-state index in [9.17, 15) is 0 Å². The first-order valence-corrected chi connectivity index (χ1v) is 9.69. The molecule has 6 aromatic rings. The van der Waals surface area contributed by atoms with E-state index in [1.165, 1.54) is 0 Å². The highest BCUT2D eigenvalue weighted by Crippen LogP contribution is 2.24. The van der Waals surface area contributed by atoms with Gasteiger partial charge in [0.1, 0.15) is 11.0 Å². The molecule has 0 unspecified atom stereocenters. The number of hydrogen-bond acceptors (Lipinski definition) is 4. The number of para-hydroxylation sites is 2. The largest absolute Gasteiger partial charge is 0.213 e. The fraction of sp³-hybridized carbons (Fsp3) is 0. The summed E-state index contributed by atoms with van der Waals surface area (Å²) in [6.07, 6.45) is 0. The van der Waals surface area contributed by atoms with Crippen LogP contribution < -0.4 is 0 Å². The highest BCUT2D eigenvalue weighted by Gasteiger charge is 2.08. The Hall–Kier alpha value is -4.32. The van der Waals surface area contributed by atoms with Crippen molar-refractivity contribution in [2.24, 2.45) is 0 Å². The zero-order chi connectivity index (χ0) is 19.9. The van der Waals surface area contributed by atoms with E-state index < -0.39 is 0 Å². The Kier molecular flexibility index (Phi) is 3.67. The third-order valence-corrected chi connectivity index (χ3v) is 5.26. The van der Waals surface area contributed by atoms with Crippen molar-refractivity contribution in [3.8, 4) is 22.5 Å². The molecule has 2 heterocycles. The van der Waals surface area contributed by atoms with Crippen LogP contribution in [0.5, 0.6) is 0 Å². The number of fused-ring (bicyclic) bond motifs is 2. The number of aromatic nitrogens is 6. The monoisotopic (exact) mass is 388 g/mol. The van der Waals surface area contributed by atoms with Crippen molar-refractivity contribution >= 4 is 22.1 Å². The van der Waals surface area contributed by atoms with Crippen molar-refractivity contribution in [1.82, 2.24) is 30.0 Å². The lowest BCUT2D eigenvalue weighted by atomic mass is 10.0. The lowest BCUT2D eigenvalue weighted by Gasteiger charge is -2.07. The molecule has 2 aromatic heterocycles. The molecule has 6 heteroatoms. The van der Waals surface area contributed by atoms with Crippen LogP contribution in [0.15, 0.2) is 97.1 Å². The number of nitrogens with zero attached hydrogens (tertiary/aromatic N) is 6. The Morgan fingerprint density at radius 2 is 0.833 bits per heavy atom. The summed E-state index contributed by atoms with van der Waals surface area (Å²) in [4.78, 5) is 0. The van der Waals surface area contributed by atoms with Crippen LogP contribution in [0.3, 0.4) is 0 Å². The second-order valence-corrected chi connectivity index (χ2v) is 7.07. The maximum absolute atomic E-state index is 4.28. The summed E-state index contributed by atoms with van der Waals surface area (Å²) in [6, 6.07) is 32.6. The fourth-order valence-corrected chi connectivity index (χ4v) is 3.71. The summed E-state index contributed by atoms with van der Waals surface area (Å²) >= 11 is 0. The summed E-state index contributed by atoms with van der Waals surface area (Å²) in [5, 5.41) is 17.0. The van der Waals surface area contributed by atoms with Crippen molar-refractivity contribution in [3.63, 3.8) is 0 Å². The molecule has 6 rings (SSSR count). The lowest BCUT2D eigenvalue weighted by Crippen LogP contribution is -1.97. The van der Waals surface area contributed by atoms with E-state index in [2.05, 4.69) is 69.2 Å². The van der Waals surface area contributed by atoms with Crippen LogP contribution in [-0.4, -0.2) is 30.0 Å². The van der Waals surface area contributed by atoms with Crippen molar-refractivity contribution < 1.29 is 0 Å². The molecule has 6 nitrogen and oxygen atoms in total. The molecule has 0 aliphatic carbocycles. The molecule has 0 spiro atoms. The van der Waals surface area contributed by atoms with Gasteiger partial charge in [0.25, 0.3) is 0 Å². The van der Waals surface area contributed by atoms with Gasteiger partial charge in [-0.15, -0.1) is 10.2 Å².